The molecule has 0 amide bonds. The zero-order valence-electron chi connectivity index (χ0n) is 17.4. The minimum absolute atomic E-state index is 0.0115. The number of fused-ring (bicyclic) bond motifs is 1. The first kappa shape index (κ1) is 21.4. The quantitative estimate of drug-likeness (QED) is 0.421. The summed E-state index contributed by atoms with van der Waals surface area (Å²) in [4.78, 5) is 9.07. The molecular weight excluding hydrogens is 427 g/mol. The number of hydrogen-bond donors (Lipinski definition) is 2. The summed E-state index contributed by atoms with van der Waals surface area (Å²) in [6, 6.07) is 18.3. The van der Waals surface area contributed by atoms with Crippen molar-refractivity contribution in [2.24, 2.45) is 0 Å². The Morgan fingerprint density at radius 1 is 0.844 bits per heavy atom. The summed E-state index contributed by atoms with van der Waals surface area (Å²) < 4.78 is 39.2. The largest absolute Gasteiger partial charge is 0.497 e. The zero-order chi connectivity index (χ0) is 22.7. The van der Waals surface area contributed by atoms with Crippen LogP contribution in [-0.4, -0.2) is 40.5 Å². The van der Waals surface area contributed by atoms with E-state index in [0.717, 1.165) is 0 Å². The Labute approximate surface area is 187 Å². The number of rotatable bonds is 7. The van der Waals surface area contributed by atoms with Crippen LogP contribution in [0.2, 0.25) is 0 Å². The molecule has 0 fully saturated rings. The van der Waals surface area contributed by atoms with Crippen LogP contribution < -0.4 is 25.0 Å². The predicted octanol–water partition coefficient (Wildman–Crippen LogP) is 2.99. The van der Waals surface area contributed by atoms with Crippen molar-refractivity contribution in [2.75, 3.05) is 24.3 Å². The summed E-state index contributed by atoms with van der Waals surface area (Å²) in [6.07, 6.45) is 0. The van der Waals surface area contributed by atoms with Gasteiger partial charge in [0.25, 0.3) is 10.0 Å². The normalized spacial score (nSPS) is 11.2. The molecule has 10 heteroatoms. The molecule has 4 rings (SSSR count). The smallest absolute Gasteiger partial charge is 0.263 e. The van der Waals surface area contributed by atoms with Gasteiger partial charge in [-0.2, -0.15) is 0 Å². The van der Waals surface area contributed by atoms with Crippen molar-refractivity contribution < 1.29 is 17.9 Å². The lowest BCUT2D eigenvalue weighted by molar-refractivity contribution is 0.405. The molecule has 0 saturated heterocycles. The molecule has 160 valence electrons. The van der Waals surface area contributed by atoms with Crippen molar-refractivity contribution in [3.05, 3.63) is 66.7 Å². The molecule has 0 atom stereocenters. The van der Waals surface area contributed by atoms with Gasteiger partial charge in [0.05, 0.1) is 35.8 Å². The fraction of sp³-hybridized carbons (Fsp3) is 0.0909. The van der Waals surface area contributed by atoms with E-state index in [4.69, 9.17) is 17.3 Å². The summed E-state index contributed by atoms with van der Waals surface area (Å²) in [7, 11) is 4.86. The second-order valence-corrected chi connectivity index (χ2v) is 8.46. The van der Waals surface area contributed by atoms with Gasteiger partial charge in [-0.3, -0.25) is 4.72 Å². The first-order valence-electron chi connectivity index (χ1n) is 9.54. The lowest BCUT2D eigenvalue weighted by atomic mass is 9.97. The molecule has 1 aromatic heterocycles. The molecule has 0 aliphatic carbocycles. The van der Waals surface area contributed by atoms with E-state index >= 15 is 0 Å². The number of nitrogens with one attached hydrogen (secondary N) is 2. The maximum atomic E-state index is 13.0. The Kier molecular flexibility index (Phi) is 5.87. The third-order valence-electron chi connectivity index (χ3n) is 4.63. The van der Waals surface area contributed by atoms with Crippen molar-refractivity contribution in [1.29, 1.82) is 0 Å². The Balaban J connectivity index is 1.81. The first-order chi connectivity index (χ1) is 15.4. The number of ether oxygens (including phenoxy) is 2. The molecule has 3 aromatic carbocycles. The Bertz CT molecular complexity index is 1400. The van der Waals surface area contributed by atoms with Gasteiger partial charge >= 0.3 is 0 Å². The molecule has 2 radical (unpaired) electrons. The van der Waals surface area contributed by atoms with Crippen molar-refractivity contribution >= 4 is 51.7 Å². The average molecular weight is 446 g/mol. The van der Waals surface area contributed by atoms with Crippen LogP contribution in [0.5, 0.6) is 11.5 Å². The lowest BCUT2D eigenvalue weighted by Crippen LogP contribution is -2.17. The topological polar surface area (TPSA) is 102 Å². The molecule has 0 spiro atoms. The summed E-state index contributed by atoms with van der Waals surface area (Å²) >= 11 is 0. The minimum atomic E-state index is -3.98. The molecule has 0 saturated carbocycles. The molecule has 8 nitrogen and oxygen atoms in total. The Morgan fingerprint density at radius 2 is 1.56 bits per heavy atom. The van der Waals surface area contributed by atoms with Gasteiger partial charge in [0.1, 0.15) is 19.3 Å². The third kappa shape index (κ3) is 4.45. The first-order valence-corrected chi connectivity index (χ1v) is 11.0. The molecule has 0 aliphatic heterocycles. The minimum Gasteiger partial charge on any atom is -0.497 e. The van der Waals surface area contributed by atoms with Crippen molar-refractivity contribution in [1.82, 2.24) is 9.97 Å². The molecule has 2 N–H and O–H groups in total. The van der Waals surface area contributed by atoms with E-state index in [0.29, 0.717) is 33.7 Å². The zero-order valence-corrected chi connectivity index (χ0v) is 18.2. The second-order valence-electron chi connectivity index (χ2n) is 6.78. The van der Waals surface area contributed by atoms with Gasteiger partial charge in [-0.05, 0) is 36.4 Å². The van der Waals surface area contributed by atoms with Crippen LogP contribution in [0, 0.1) is 0 Å². The highest BCUT2D eigenvalue weighted by molar-refractivity contribution is 7.92. The predicted molar refractivity (Wildman–Crippen MR) is 125 cm³/mol. The number of anilines is 3. The molecule has 32 heavy (non-hydrogen) atoms. The van der Waals surface area contributed by atoms with Crippen LogP contribution in [0.25, 0.3) is 11.0 Å². The van der Waals surface area contributed by atoms with Crippen molar-refractivity contribution in [2.45, 2.75) is 4.90 Å². The molecule has 1 heterocycles. The highest BCUT2D eigenvalue weighted by Crippen LogP contribution is 2.34. The summed E-state index contributed by atoms with van der Waals surface area (Å²) in [5.74, 6) is 1.33. The van der Waals surface area contributed by atoms with Gasteiger partial charge in [-0.25, -0.2) is 18.4 Å². The van der Waals surface area contributed by atoms with Gasteiger partial charge in [0.15, 0.2) is 11.6 Å². The van der Waals surface area contributed by atoms with Crippen molar-refractivity contribution in [3.8, 4) is 11.5 Å². The van der Waals surface area contributed by atoms with E-state index in [1.165, 1.54) is 19.2 Å². The van der Waals surface area contributed by atoms with E-state index in [1.54, 1.807) is 55.6 Å². The number of para-hydroxylation sites is 2. The summed E-state index contributed by atoms with van der Waals surface area (Å²) in [5, 5.41) is 3.11. The van der Waals surface area contributed by atoms with Crippen LogP contribution in [0.4, 0.5) is 17.3 Å². The standard InChI is InChI=1S/C22H19BN4O4S/c1-30-15-10-11-20(31-2)19(13-15)26-21-22(25-18-9-4-3-8-17(18)24-21)27-32(28,29)16-7-5-6-14(23)12-16/h3-13H,1-2H3,(H,24,26)(H,25,27). The molecule has 0 bridgehead atoms. The Morgan fingerprint density at radius 3 is 2.22 bits per heavy atom. The van der Waals surface area contributed by atoms with E-state index in [1.807, 2.05) is 6.07 Å². The monoisotopic (exact) mass is 446 g/mol. The van der Waals surface area contributed by atoms with Crippen LogP contribution in [0.3, 0.4) is 0 Å². The van der Waals surface area contributed by atoms with Crippen molar-refractivity contribution in [3.63, 3.8) is 0 Å². The van der Waals surface area contributed by atoms with Gasteiger partial charge in [-0.15, -0.1) is 0 Å². The van der Waals surface area contributed by atoms with E-state index in [9.17, 15) is 8.42 Å². The average Bonchev–Trinajstić information content (AvgIpc) is 2.79. The highest BCUT2D eigenvalue weighted by atomic mass is 32.2. The SMILES string of the molecule is [B]c1cccc(S(=O)(=O)Nc2nc3ccccc3nc2Nc2cc(OC)ccc2OC)c1. The summed E-state index contributed by atoms with van der Waals surface area (Å²) in [5.41, 5.74) is 1.97. The highest BCUT2D eigenvalue weighted by Gasteiger charge is 2.20. The van der Waals surface area contributed by atoms with E-state index < -0.39 is 10.0 Å². The lowest BCUT2D eigenvalue weighted by Gasteiger charge is -2.16. The van der Waals surface area contributed by atoms with Gasteiger partial charge in [0.2, 0.25) is 0 Å². The van der Waals surface area contributed by atoms with Crippen LogP contribution >= 0.6 is 0 Å². The van der Waals surface area contributed by atoms with Crippen LogP contribution in [-0.2, 0) is 10.0 Å². The van der Waals surface area contributed by atoms with Gasteiger partial charge < -0.3 is 14.8 Å². The van der Waals surface area contributed by atoms with E-state index in [2.05, 4.69) is 20.0 Å². The van der Waals surface area contributed by atoms with Crippen LogP contribution in [0.1, 0.15) is 0 Å². The second kappa shape index (κ2) is 8.76. The molecule has 0 aliphatic rings. The fourth-order valence-electron chi connectivity index (χ4n) is 3.07. The number of hydrogen-bond acceptors (Lipinski definition) is 7. The molecule has 4 aromatic rings. The maximum absolute atomic E-state index is 13.0. The number of nitrogens with zero attached hydrogens (tertiary/aromatic N) is 2. The van der Waals surface area contributed by atoms with E-state index in [-0.39, 0.29) is 16.5 Å². The number of aromatic nitrogens is 2. The number of sulfonamides is 1. The third-order valence-corrected chi connectivity index (χ3v) is 5.97. The fourth-order valence-corrected chi connectivity index (χ4v) is 4.13. The summed E-state index contributed by atoms with van der Waals surface area (Å²) in [6.45, 7) is 0. The Hall–Kier alpha value is -3.79. The van der Waals surface area contributed by atoms with Crippen LogP contribution in [0.15, 0.2) is 71.6 Å². The molecular formula is C22H19BN4O4S. The number of methoxy groups -OCH3 is 2. The number of benzene rings is 3. The van der Waals surface area contributed by atoms with Gasteiger partial charge in [0, 0.05) is 6.07 Å². The molecule has 0 unspecified atom stereocenters. The maximum Gasteiger partial charge on any atom is 0.263 e. The van der Waals surface area contributed by atoms with Gasteiger partial charge in [-0.1, -0.05) is 29.7 Å².